The van der Waals surface area contributed by atoms with Crippen LogP contribution in [0.15, 0.2) is 29.2 Å². The lowest BCUT2D eigenvalue weighted by molar-refractivity contribution is 0.0664. The molecule has 2 atom stereocenters. The highest BCUT2D eigenvalue weighted by Gasteiger charge is 2.27. The smallest absolute Gasteiger partial charge is 0.288 e. The fourth-order valence-electron chi connectivity index (χ4n) is 2.48. The number of ether oxygens (including phenoxy) is 1. The van der Waals surface area contributed by atoms with E-state index in [1.807, 2.05) is 6.92 Å². The minimum Gasteiger partial charge on any atom is -0.376 e. The van der Waals surface area contributed by atoms with E-state index >= 15 is 0 Å². The summed E-state index contributed by atoms with van der Waals surface area (Å²) in [5.74, 6) is -2.86. The minimum absolute atomic E-state index is 0.0221. The van der Waals surface area contributed by atoms with E-state index in [9.17, 15) is 13.6 Å². The van der Waals surface area contributed by atoms with Crippen molar-refractivity contribution in [3.05, 3.63) is 29.8 Å². The molecule has 6 heteroatoms. The summed E-state index contributed by atoms with van der Waals surface area (Å²) in [5, 5.41) is 2.92. The van der Waals surface area contributed by atoms with Gasteiger partial charge in [0.15, 0.2) is 0 Å². The predicted octanol–water partition coefficient (Wildman–Crippen LogP) is 3.69. The van der Waals surface area contributed by atoms with Crippen molar-refractivity contribution in [1.82, 2.24) is 5.32 Å². The van der Waals surface area contributed by atoms with Crippen molar-refractivity contribution in [3.8, 4) is 0 Å². The van der Waals surface area contributed by atoms with Crippen LogP contribution in [0.25, 0.3) is 0 Å². The summed E-state index contributed by atoms with van der Waals surface area (Å²) in [6, 6.07) is 6.36. The second-order valence-electron chi connectivity index (χ2n) is 4.91. The van der Waals surface area contributed by atoms with E-state index < -0.39 is 5.76 Å². The molecule has 1 heterocycles. The standard InChI is InChI=1S/C15H19F2NO2S/c1-2-11(12-7-5-9-20-12)18-14(19)10-6-3-4-8-13(10)21-15(16)17/h3-4,6,8,11-12,15H,2,5,7,9H2,1H3,(H,18,19)/t11-,12-/m1/s1. The molecule has 3 nitrogen and oxygen atoms in total. The largest absolute Gasteiger partial charge is 0.376 e. The van der Waals surface area contributed by atoms with Crippen LogP contribution in [-0.2, 0) is 4.74 Å². The molecule has 1 amide bonds. The number of carbonyl (C=O) groups excluding carboxylic acids is 1. The maximum Gasteiger partial charge on any atom is 0.288 e. The van der Waals surface area contributed by atoms with Crippen molar-refractivity contribution in [2.75, 3.05) is 6.61 Å². The van der Waals surface area contributed by atoms with E-state index in [2.05, 4.69) is 5.32 Å². The molecule has 0 spiro atoms. The van der Waals surface area contributed by atoms with Crippen LogP contribution in [0.2, 0.25) is 0 Å². The summed E-state index contributed by atoms with van der Waals surface area (Å²) in [7, 11) is 0. The fourth-order valence-corrected chi connectivity index (χ4v) is 3.11. The fraction of sp³-hybridized carbons (Fsp3) is 0.533. The quantitative estimate of drug-likeness (QED) is 0.814. The second kappa shape index (κ2) is 7.75. The van der Waals surface area contributed by atoms with E-state index in [1.54, 1.807) is 24.3 Å². The molecular weight excluding hydrogens is 296 g/mol. The number of hydrogen-bond donors (Lipinski definition) is 1. The highest BCUT2D eigenvalue weighted by Crippen LogP contribution is 2.28. The third-order valence-corrected chi connectivity index (χ3v) is 4.31. The number of thioether (sulfide) groups is 1. The average molecular weight is 315 g/mol. The van der Waals surface area contributed by atoms with Crippen LogP contribution in [0.4, 0.5) is 8.78 Å². The Hall–Kier alpha value is -1.14. The molecular formula is C15H19F2NO2S. The van der Waals surface area contributed by atoms with E-state index in [4.69, 9.17) is 4.74 Å². The normalized spacial score (nSPS) is 19.7. The number of nitrogens with one attached hydrogen (secondary N) is 1. The van der Waals surface area contributed by atoms with Gasteiger partial charge >= 0.3 is 0 Å². The van der Waals surface area contributed by atoms with Crippen LogP contribution in [0.1, 0.15) is 36.5 Å². The first kappa shape index (κ1) is 16.2. The molecule has 2 rings (SSSR count). The summed E-state index contributed by atoms with van der Waals surface area (Å²) in [6.07, 6.45) is 2.69. The Balaban J connectivity index is 2.08. The average Bonchev–Trinajstić information content (AvgIpc) is 2.98. The summed E-state index contributed by atoms with van der Waals surface area (Å²) >= 11 is 0.395. The summed E-state index contributed by atoms with van der Waals surface area (Å²) in [6.45, 7) is 2.70. The van der Waals surface area contributed by atoms with E-state index in [0.717, 1.165) is 25.9 Å². The van der Waals surface area contributed by atoms with Gasteiger partial charge in [0.25, 0.3) is 11.7 Å². The van der Waals surface area contributed by atoms with Gasteiger partial charge in [-0.25, -0.2) is 0 Å². The van der Waals surface area contributed by atoms with Crippen molar-refractivity contribution < 1.29 is 18.3 Å². The van der Waals surface area contributed by atoms with Gasteiger partial charge in [-0.2, -0.15) is 8.78 Å². The third kappa shape index (κ3) is 4.41. The first-order valence-corrected chi connectivity index (χ1v) is 7.96. The van der Waals surface area contributed by atoms with Gasteiger partial charge in [-0.1, -0.05) is 30.8 Å². The van der Waals surface area contributed by atoms with E-state index in [0.29, 0.717) is 22.2 Å². The molecule has 0 unspecified atom stereocenters. The van der Waals surface area contributed by atoms with Crippen LogP contribution in [-0.4, -0.2) is 30.4 Å². The van der Waals surface area contributed by atoms with Crippen molar-refractivity contribution in [2.45, 2.75) is 49.0 Å². The SMILES string of the molecule is CC[C@@H](NC(=O)c1ccccc1SC(F)F)[C@H]1CCCO1. The zero-order chi connectivity index (χ0) is 15.2. The summed E-state index contributed by atoms with van der Waals surface area (Å²) in [5.41, 5.74) is 0.291. The zero-order valence-corrected chi connectivity index (χ0v) is 12.7. The number of benzene rings is 1. The van der Waals surface area contributed by atoms with Gasteiger partial charge < -0.3 is 10.1 Å². The molecule has 1 aliphatic rings. The number of rotatable bonds is 6. The molecule has 116 valence electrons. The summed E-state index contributed by atoms with van der Waals surface area (Å²) in [4.78, 5) is 12.6. The molecule has 1 aromatic carbocycles. The molecule has 1 aliphatic heterocycles. The number of alkyl halides is 2. The predicted molar refractivity (Wildman–Crippen MR) is 78.8 cm³/mol. The van der Waals surface area contributed by atoms with Crippen molar-refractivity contribution in [2.24, 2.45) is 0 Å². The first-order valence-electron chi connectivity index (χ1n) is 7.08. The number of amides is 1. The Labute approximate surface area is 127 Å². The van der Waals surface area contributed by atoms with Gasteiger partial charge in [-0.05, 0) is 31.4 Å². The molecule has 1 N–H and O–H groups in total. The Morgan fingerprint density at radius 1 is 1.48 bits per heavy atom. The molecule has 0 aliphatic carbocycles. The van der Waals surface area contributed by atoms with Gasteiger partial charge in [0.1, 0.15) is 0 Å². The topological polar surface area (TPSA) is 38.3 Å². The maximum absolute atomic E-state index is 12.5. The van der Waals surface area contributed by atoms with E-state index in [-0.39, 0.29) is 18.1 Å². The molecule has 1 aromatic rings. The number of carbonyl (C=O) groups is 1. The number of halogens is 2. The van der Waals surface area contributed by atoms with Crippen LogP contribution in [0.5, 0.6) is 0 Å². The van der Waals surface area contributed by atoms with Gasteiger partial charge in [-0.15, -0.1) is 0 Å². The number of hydrogen-bond acceptors (Lipinski definition) is 3. The highest BCUT2D eigenvalue weighted by atomic mass is 32.2. The van der Waals surface area contributed by atoms with Crippen LogP contribution in [0.3, 0.4) is 0 Å². The molecule has 1 saturated heterocycles. The molecule has 21 heavy (non-hydrogen) atoms. The Kier molecular flexibility index (Phi) is 5.99. The van der Waals surface area contributed by atoms with Crippen molar-refractivity contribution in [3.63, 3.8) is 0 Å². The van der Waals surface area contributed by atoms with Crippen molar-refractivity contribution >= 4 is 17.7 Å². The molecule has 0 aromatic heterocycles. The highest BCUT2D eigenvalue weighted by molar-refractivity contribution is 7.99. The first-order chi connectivity index (χ1) is 10.1. The maximum atomic E-state index is 12.5. The van der Waals surface area contributed by atoms with Crippen LogP contribution in [0, 0.1) is 0 Å². The second-order valence-corrected chi connectivity index (χ2v) is 5.95. The van der Waals surface area contributed by atoms with Crippen LogP contribution < -0.4 is 5.32 Å². The van der Waals surface area contributed by atoms with Gasteiger partial charge in [0, 0.05) is 11.5 Å². The van der Waals surface area contributed by atoms with Crippen molar-refractivity contribution in [1.29, 1.82) is 0 Å². The molecule has 0 bridgehead atoms. The Bertz CT molecular complexity index is 478. The lowest BCUT2D eigenvalue weighted by Crippen LogP contribution is -2.42. The van der Waals surface area contributed by atoms with Gasteiger partial charge in [-0.3, -0.25) is 4.79 Å². The molecule has 1 fully saturated rings. The Morgan fingerprint density at radius 2 is 2.24 bits per heavy atom. The molecule has 0 saturated carbocycles. The minimum atomic E-state index is -2.54. The molecule has 0 radical (unpaired) electrons. The zero-order valence-electron chi connectivity index (χ0n) is 11.9. The van der Waals surface area contributed by atoms with E-state index in [1.165, 1.54) is 0 Å². The Morgan fingerprint density at radius 3 is 2.86 bits per heavy atom. The van der Waals surface area contributed by atoms with Gasteiger partial charge in [0.2, 0.25) is 0 Å². The third-order valence-electron chi connectivity index (χ3n) is 3.52. The van der Waals surface area contributed by atoms with Crippen LogP contribution >= 0.6 is 11.8 Å². The monoisotopic (exact) mass is 315 g/mol. The summed E-state index contributed by atoms with van der Waals surface area (Å²) < 4.78 is 30.7. The van der Waals surface area contributed by atoms with Gasteiger partial charge in [0.05, 0.1) is 17.7 Å². The lowest BCUT2D eigenvalue weighted by atomic mass is 10.0. The lowest BCUT2D eigenvalue weighted by Gasteiger charge is -2.23.